The van der Waals surface area contributed by atoms with E-state index in [1.165, 1.54) is 18.4 Å². The van der Waals surface area contributed by atoms with E-state index in [1.807, 2.05) is 12.1 Å². The maximum absolute atomic E-state index is 6.17. The van der Waals surface area contributed by atoms with Crippen molar-refractivity contribution in [3.63, 3.8) is 0 Å². The van der Waals surface area contributed by atoms with Crippen molar-refractivity contribution >= 4 is 11.6 Å². The van der Waals surface area contributed by atoms with Gasteiger partial charge < -0.3 is 10.1 Å². The van der Waals surface area contributed by atoms with Crippen molar-refractivity contribution in [2.24, 2.45) is 5.92 Å². The van der Waals surface area contributed by atoms with Crippen LogP contribution < -0.4 is 10.1 Å². The zero-order chi connectivity index (χ0) is 13.2. The van der Waals surface area contributed by atoms with Crippen molar-refractivity contribution < 1.29 is 4.74 Å². The zero-order valence-electron chi connectivity index (χ0n) is 11.4. The molecule has 1 aliphatic rings. The lowest BCUT2D eigenvalue weighted by atomic mass is 9.57. The highest BCUT2D eigenvalue weighted by Crippen LogP contribution is 2.51. The van der Waals surface area contributed by atoms with Crippen LogP contribution in [0.4, 0.5) is 0 Å². The molecule has 1 N–H and O–H groups in total. The minimum Gasteiger partial charge on any atom is -0.496 e. The summed E-state index contributed by atoms with van der Waals surface area (Å²) in [5, 5.41) is 4.28. The van der Waals surface area contributed by atoms with Crippen LogP contribution in [0.15, 0.2) is 18.2 Å². The second-order valence-corrected chi connectivity index (χ2v) is 5.66. The predicted octanol–water partition coefficient (Wildman–Crippen LogP) is 3.63. The molecule has 1 aromatic rings. The van der Waals surface area contributed by atoms with E-state index in [0.29, 0.717) is 5.92 Å². The molecule has 1 aromatic carbocycles. The van der Waals surface area contributed by atoms with Crippen LogP contribution in [-0.2, 0) is 5.41 Å². The number of benzene rings is 1. The van der Waals surface area contributed by atoms with E-state index in [9.17, 15) is 0 Å². The molecule has 0 spiro atoms. The Morgan fingerprint density at radius 2 is 2.28 bits per heavy atom. The highest BCUT2D eigenvalue weighted by Gasteiger charge is 2.46. The van der Waals surface area contributed by atoms with Crippen molar-refractivity contribution in [2.75, 3.05) is 20.2 Å². The van der Waals surface area contributed by atoms with Gasteiger partial charge in [0.15, 0.2) is 0 Å². The highest BCUT2D eigenvalue weighted by atomic mass is 35.5. The molecule has 3 heteroatoms. The fraction of sp³-hybridized carbons (Fsp3) is 0.600. The normalized spacial score (nSPS) is 26.8. The van der Waals surface area contributed by atoms with E-state index in [4.69, 9.17) is 16.3 Å². The standard InChI is InChI=1S/C15H22ClNO/c1-4-17-10-15(8-7-11(15)2)13-9-12(16)5-6-14(13)18-3/h5-6,9,11,17H,4,7-8,10H2,1-3H3. The molecular weight excluding hydrogens is 246 g/mol. The first-order chi connectivity index (χ1) is 8.64. The van der Waals surface area contributed by atoms with Crippen molar-refractivity contribution in [3.05, 3.63) is 28.8 Å². The zero-order valence-corrected chi connectivity index (χ0v) is 12.2. The van der Waals surface area contributed by atoms with Crippen LogP contribution in [0.5, 0.6) is 5.75 Å². The molecule has 0 radical (unpaired) electrons. The van der Waals surface area contributed by atoms with Gasteiger partial charge in [0.05, 0.1) is 7.11 Å². The molecule has 18 heavy (non-hydrogen) atoms. The third-order valence-corrected chi connectivity index (χ3v) is 4.59. The first-order valence-corrected chi connectivity index (χ1v) is 7.06. The Bertz CT molecular complexity index is 421. The van der Waals surface area contributed by atoms with Crippen LogP contribution in [0.25, 0.3) is 0 Å². The van der Waals surface area contributed by atoms with Crippen LogP contribution in [0.1, 0.15) is 32.3 Å². The van der Waals surface area contributed by atoms with Gasteiger partial charge in [-0.25, -0.2) is 0 Å². The van der Waals surface area contributed by atoms with Gasteiger partial charge in [0.25, 0.3) is 0 Å². The molecule has 1 saturated carbocycles. The molecule has 1 aliphatic carbocycles. The number of hydrogen-bond acceptors (Lipinski definition) is 2. The summed E-state index contributed by atoms with van der Waals surface area (Å²) in [5.74, 6) is 1.63. The molecule has 2 atom stereocenters. The highest BCUT2D eigenvalue weighted by molar-refractivity contribution is 6.30. The van der Waals surface area contributed by atoms with E-state index >= 15 is 0 Å². The van der Waals surface area contributed by atoms with Gasteiger partial charge in [-0.15, -0.1) is 0 Å². The summed E-state index contributed by atoms with van der Waals surface area (Å²) in [6.45, 7) is 6.46. The summed E-state index contributed by atoms with van der Waals surface area (Å²) >= 11 is 6.17. The lowest BCUT2D eigenvalue weighted by molar-refractivity contribution is 0.131. The number of likely N-dealkylation sites (N-methyl/N-ethyl adjacent to an activating group) is 1. The summed E-state index contributed by atoms with van der Waals surface area (Å²) in [7, 11) is 1.73. The molecule has 0 aromatic heterocycles. The van der Waals surface area contributed by atoms with Crippen LogP contribution in [0.3, 0.4) is 0 Å². The van der Waals surface area contributed by atoms with E-state index in [0.717, 1.165) is 23.9 Å². The number of ether oxygens (including phenoxy) is 1. The Labute approximate surface area is 115 Å². The second kappa shape index (κ2) is 5.50. The number of halogens is 1. The number of nitrogens with one attached hydrogen (secondary N) is 1. The molecule has 100 valence electrons. The van der Waals surface area contributed by atoms with Crippen LogP contribution >= 0.6 is 11.6 Å². The third-order valence-electron chi connectivity index (χ3n) is 4.36. The molecule has 2 nitrogen and oxygen atoms in total. The quantitative estimate of drug-likeness (QED) is 0.880. The summed E-state index contributed by atoms with van der Waals surface area (Å²) in [6, 6.07) is 5.96. The molecule has 0 saturated heterocycles. The third kappa shape index (κ3) is 2.24. The van der Waals surface area contributed by atoms with Gasteiger partial charge in [-0.2, -0.15) is 0 Å². The SMILES string of the molecule is CCNCC1(c2cc(Cl)ccc2OC)CCC1C. The van der Waals surface area contributed by atoms with Gasteiger partial charge in [-0.1, -0.05) is 25.4 Å². The summed E-state index contributed by atoms with van der Waals surface area (Å²) in [4.78, 5) is 0. The monoisotopic (exact) mass is 267 g/mol. The topological polar surface area (TPSA) is 21.3 Å². The van der Waals surface area contributed by atoms with Crippen molar-refractivity contribution in [2.45, 2.75) is 32.1 Å². The summed E-state index contributed by atoms with van der Waals surface area (Å²) < 4.78 is 5.52. The first kappa shape index (κ1) is 13.7. The smallest absolute Gasteiger partial charge is 0.122 e. The Morgan fingerprint density at radius 3 is 2.78 bits per heavy atom. The molecule has 0 bridgehead atoms. The van der Waals surface area contributed by atoms with Crippen LogP contribution in [-0.4, -0.2) is 20.2 Å². The maximum atomic E-state index is 6.17. The average molecular weight is 268 g/mol. The molecule has 1 fully saturated rings. The van der Waals surface area contributed by atoms with Gasteiger partial charge >= 0.3 is 0 Å². The second-order valence-electron chi connectivity index (χ2n) is 5.22. The van der Waals surface area contributed by atoms with Gasteiger partial charge in [-0.05, 0) is 43.5 Å². The van der Waals surface area contributed by atoms with E-state index in [1.54, 1.807) is 7.11 Å². The molecule has 0 amide bonds. The fourth-order valence-electron chi connectivity index (χ4n) is 2.96. The van der Waals surface area contributed by atoms with E-state index in [2.05, 4.69) is 25.2 Å². The molecule has 0 aliphatic heterocycles. The summed E-state index contributed by atoms with van der Waals surface area (Å²) in [5.41, 5.74) is 1.45. The molecule has 2 rings (SSSR count). The first-order valence-electron chi connectivity index (χ1n) is 6.68. The van der Waals surface area contributed by atoms with Gasteiger partial charge in [0.2, 0.25) is 0 Å². The van der Waals surface area contributed by atoms with Crippen LogP contribution in [0.2, 0.25) is 5.02 Å². The minimum absolute atomic E-state index is 0.187. The lowest BCUT2D eigenvalue weighted by Crippen LogP contribution is -2.50. The average Bonchev–Trinajstić information content (AvgIpc) is 2.38. The van der Waals surface area contributed by atoms with E-state index < -0.39 is 0 Å². The Kier molecular flexibility index (Phi) is 4.18. The van der Waals surface area contributed by atoms with Gasteiger partial charge in [0.1, 0.15) is 5.75 Å². The Morgan fingerprint density at radius 1 is 1.50 bits per heavy atom. The Balaban J connectivity index is 2.39. The van der Waals surface area contributed by atoms with Gasteiger partial charge in [0, 0.05) is 22.5 Å². The number of rotatable bonds is 5. The molecule has 2 unspecified atom stereocenters. The van der Waals surface area contributed by atoms with Crippen molar-refractivity contribution in [1.29, 1.82) is 0 Å². The predicted molar refractivity (Wildman–Crippen MR) is 76.6 cm³/mol. The van der Waals surface area contributed by atoms with Crippen LogP contribution in [0, 0.1) is 5.92 Å². The maximum Gasteiger partial charge on any atom is 0.122 e. The van der Waals surface area contributed by atoms with Crippen molar-refractivity contribution in [3.8, 4) is 5.75 Å². The largest absolute Gasteiger partial charge is 0.496 e. The molecule has 0 heterocycles. The number of methoxy groups -OCH3 is 1. The summed E-state index contributed by atoms with van der Waals surface area (Å²) in [6.07, 6.45) is 2.49. The fourth-order valence-corrected chi connectivity index (χ4v) is 3.13. The lowest BCUT2D eigenvalue weighted by Gasteiger charge is -2.49. The van der Waals surface area contributed by atoms with Crippen molar-refractivity contribution in [1.82, 2.24) is 5.32 Å². The molecular formula is C15H22ClNO. The minimum atomic E-state index is 0.187. The van der Waals surface area contributed by atoms with Gasteiger partial charge in [-0.3, -0.25) is 0 Å². The van der Waals surface area contributed by atoms with E-state index in [-0.39, 0.29) is 5.41 Å². The Hall–Kier alpha value is -0.730. The number of hydrogen-bond donors (Lipinski definition) is 1.